The number of sulfonamides is 1. The molecule has 0 bridgehead atoms. The zero-order valence-corrected chi connectivity index (χ0v) is 13.2. The van der Waals surface area contributed by atoms with E-state index in [1.807, 2.05) is 0 Å². The molecule has 0 aliphatic carbocycles. The maximum absolute atomic E-state index is 12.3. The van der Waals surface area contributed by atoms with Crippen molar-refractivity contribution in [2.75, 3.05) is 0 Å². The molecule has 2 rings (SSSR count). The fourth-order valence-corrected chi connectivity index (χ4v) is 3.33. The van der Waals surface area contributed by atoms with Gasteiger partial charge in [-0.2, -0.15) is 4.72 Å². The maximum atomic E-state index is 12.3. The highest BCUT2D eigenvalue weighted by Gasteiger charge is 2.21. The normalized spacial score (nSPS) is 13.3. The number of aryl methyl sites for hydroxylation is 1. The summed E-state index contributed by atoms with van der Waals surface area (Å²) in [7, 11) is -3.72. The topological polar surface area (TPSA) is 98.2 Å². The van der Waals surface area contributed by atoms with Gasteiger partial charge in [0.2, 0.25) is 15.9 Å². The van der Waals surface area contributed by atoms with Crippen molar-refractivity contribution in [2.24, 2.45) is 5.73 Å². The lowest BCUT2D eigenvalue weighted by atomic mass is 10.2. The van der Waals surface area contributed by atoms with Crippen LogP contribution in [0, 0.1) is 6.92 Å². The van der Waals surface area contributed by atoms with E-state index in [4.69, 9.17) is 21.8 Å². The summed E-state index contributed by atoms with van der Waals surface area (Å²) in [5.74, 6) is 0.923. The minimum atomic E-state index is -3.72. The van der Waals surface area contributed by atoms with Crippen molar-refractivity contribution < 1.29 is 12.8 Å². The van der Waals surface area contributed by atoms with Gasteiger partial charge in [-0.05, 0) is 31.5 Å². The molecule has 21 heavy (non-hydrogen) atoms. The third-order valence-corrected chi connectivity index (χ3v) is 4.79. The van der Waals surface area contributed by atoms with Crippen LogP contribution in [0.4, 0.5) is 0 Å². The SMILES string of the molecule is Cc1cnc(C(C)NS(=O)(=O)c2ccc(CN)c(Cl)c2)o1. The first-order chi connectivity index (χ1) is 9.83. The lowest BCUT2D eigenvalue weighted by molar-refractivity contribution is 0.428. The maximum Gasteiger partial charge on any atom is 0.241 e. The lowest BCUT2D eigenvalue weighted by Crippen LogP contribution is -2.27. The van der Waals surface area contributed by atoms with Gasteiger partial charge >= 0.3 is 0 Å². The van der Waals surface area contributed by atoms with E-state index < -0.39 is 16.1 Å². The second-order valence-corrected chi connectivity index (χ2v) is 6.73. The molecule has 0 saturated carbocycles. The second-order valence-electron chi connectivity index (χ2n) is 4.61. The Labute approximate surface area is 128 Å². The van der Waals surface area contributed by atoms with Crippen molar-refractivity contribution in [3.63, 3.8) is 0 Å². The molecule has 0 radical (unpaired) electrons. The first kappa shape index (κ1) is 16.0. The Morgan fingerprint density at radius 1 is 1.48 bits per heavy atom. The monoisotopic (exact) mass is 329 g/mol. The number of aromatic nitrogens is 1. The smallest absolute Gasteiger partial charge is 0.241 e. The van der Waals surface area contributed by atoms with Crippen molar-refractivity contribution in [3.05, 3.63) is 46.6 Å². The average Bonchev–Trinajstić information content (AvgIpc) is 2.85. The molecule has 1 aromatic carbocycles. The highest BCUT2D eigenvalue weighted by atomic mass is 35.5. The van der Waals surface area contributed by atoms with E-state index in [9.17, 15) is 8.42 Å². The number of hydrogen-bond acceptors (Lipinski definition) is 5. The quantitative estimate of drug-likeness (QED) is 0.875. The summed E-state index contributed by atoms with van der Waals surface area (Å²) in [5, 5.41) is 0.319. The predicted molar refractivity (Wildman–Crippen MR) is 79.3 cm³/mol. The first-order valence-electron chi connectivity index (χ1n) is 6.26. The molecule has 2 aromatic rings. The Morgan fingerprint density at radius 3 is 2.71 bits per heavy atom. The number of benzene rings is 1. The number of halogens is 1. The van der Waals surface area contributed by atoms with Crippen molar-refractivity contribution in [3.8, 4) is 0 Å². The number of oxazole rings is 1. The highest BCUT2D eigenvalue weighted by molar-refractivity contribution is 7.89. The third-order valence-electron chi connectivity index (χ3n) is 2.90. The summed E-state index contributed by atoms with van der Waals surface area (Å²) in [5.41, 5.74) is 6.19. The van der Waals surface area contributed by atoms with Crippen LogP contribution in [0.25, 0.3) is 0 Å². The van der Waals surface area contributed by atoms with Crippen LogP contribution in [0.1, 0.15) is 30.2 Å². The zero-order chi connectivity index (χ0) is 15.6. The third kappa shape index (κ3) is 3.62. The summed E-state index contributed by atoms with van der Waals surface area (Å²) in [6.07, 6.45) is 1.53. The van der Waals surface area contributed by atoms with Crippen LogP contribution in [-0.2, 0) is 16.6 Å². The summed E-state index contributed by atoms with van der Waals surface area (Å²) < 4.78 is 32.4. The molecule has 0 saturated heterocycles. The molecule has 6 nitrogen and oxygen atoms in total. The molecule has 0 fully saturated rings. The van der Waals surface area contributed by atoms with Gasteiger partial charge in [0.25, 0.3) is 0 Å². The Morgan fingerprint density at radius 2 is 2.19 bits per heavy atom. The van der Waals surface area contributed by atoms with Crippen LogP contribution in [0.3, 0.4) is 0 Å². The minimum absolute atomic E-state index is 0.0693. The number of hydrogen-bond donors (Lipinski definition) is 2. The molecule has 1 unspecified atom stereocenters. The van der Waals surface area contributed by atoms with Gasteiger partial charge < -0.3 is 10.2 Å². The highest BCUT2D eigenvalue weighted by Crippen LogP contribution is 2.22. The fourth-order valence-electron chi connectivity index (χ4n) is 1.78. The number of rotatable bonds is 5. The van der Waals surface area contributed by atoms with Crippen LogP contribution in [0.2, 0.25) is 5.02 Å². The molecule has 0 aliphatic rings. The van der Waals surface area contributed by atoms with Gasteiger partial charge in [0.15, 0.2) is 0 Å². The molecule has 114 valence electrons. The van der Waals surface area contributed by atoms with Gasteiger partial charge in [-0.1, -0.05) is 17.7 Å². The molecule has 1 heterocycles. The van der Waals surface area contributed by atoms with E-state index >= 15 is 0 Å². The van der Waals surface area contributed by atoms with Gasteiger partial charge in [0, 0.05) is 11.6 Å². The molecule has 0 amide bonds. The molecule has 0 aliphatic heterocycles. The van der Waals surface area contributed by atoms with E-state index in [0.29, 0.717) is 22.2 Å². The zero-order valence-electron chi connectivity index (χ0n) is 11.6. The summed E-state index contributed by atoms with van der Waals surface area (Å²) in [6, 6.07) is 3.84. The molecular weight excluding hydrogens is 314 g/mol. The lowest BCUT2D eigenvalue weighted by Gasteiger charge is -2.12. The van der Waals surface area contributed by atoms with Gasteiger partial charge in [-0.15, -0.1) is 0 Å². The second kappa shape index (κ2) is 6.15. The first-order valence-corrected chi connectivity index (χ1v) is 8.12. The van der Waals surface area contributed by atoms with Crippen LogP contribution in [-0.4, -0.2) is 13.4 Å². The average molecular weight is 330 g/mol. The van der Waals surface area contributed by atoms with Gasteiger partial charge in [-0.3, -0.25) is 0 Å². The number of nitrogens with two attached hydrogens (primary N) is 1. The van der Waals surface area contributed by atoms with Crippen LogP contribution in [0.5, 0.6) is 0 Å². The number of nitrogens with one attached hydrogen (secondary N) is 1. The van der Waals surface area contributed by atoms with E-state index in [1.54, 1.807) is 19.9 Å². The molecule has 0 spiro atoms. The Kier molecular flexibility index (Phi) is 4.67. The predicted octanol–water partition coefficient (Wildman–Crippen LogP) is 2.13. The fraction of sp³-hybridized carbons (Fsp3) is 0.308. The number of nitrogens with zero attached hydrogens (tertiary/aromatic N) is 1. The van der Waals surface area contributed by atoms with Gasteiger partial charge in [0.1, 0.15) is 5.76 Å². The van der Waals surface area contributed by atoms with E-state index in [-0.39, 0.29) is 11.4 Å². The summed E-state index contributed by atoms with van der Waals surface area (Å²) >= 11 is 5.99. The van der Waals surface area contributed by atoms with E-state index in [1.165, 1.54) is 18.3 Å². The van der Waals surface area contributed by atoms with Crippen LogP contribution < -0.4 is 10.5 Å². The minimum Gasteiger partial charge on any atom is -0.444 e. The largest absolute Gasteiger partial charge is 0.444 e. The summed E-state index contributed by atoms with van der Waals surface area (Å²) in [6.45, 7) is 3.64. The van der Waals surface area contributed by atoms with Crippen molar-refractivity contribution in [2.45, 2.75) is 31.3 Å². The standard InChI is InChI=1S/C13H16ClN3O3S/c1-8-7-16-13(20-8)9(2)17-21(18,19)11-4-3-10(6-15)12(14)5-11/h3-5,7,9,17H,6,15H2,1-2H3. The molecular formula is C13H16ClN3O3S. The molecule has 1 aromatic heterocycles. The van der Waals surface area contributed by atoms with E-state index in [2.05, 4.69) is 9.71 Å². The Balaban J connectivity index is 2.24. The molecule has 3 N–H and O–H groups in total. The Bertz CT molecular complexity index is 743. The van der Waals surface area contributed by atoms with Crippen LogP contribution >= 0.6 is 11.6 Å². The Hall–Kier alpha value is -1.41. The summed E-state index contributed by atoms with van der Waals surface area (Å²) in [4.78, 5) is 4.07. The molecule has 8 heteroatoms. The molecule has 1 atom stereocenters. The van der Waals surface area contributed by atoms with Gasteiger partial charge in [-0.25, -0.2) is 13.4 Å². The van der Waals surface area contributed by atoms with Crippen molar-refractivity contribution >= 4 is 21.6 Å². The van der Waals surface area contributed by atoms with Crippen molar-refractivity contribution in [1.82, 2.24) is 9.71 Å². The van der Waals surface area contributed by atoms with Crippen LogP contribution in [0.15, 0.2) is 33.7 Å². The van der Waals surface area contributed by atoms with Crippen molar-refractivity contribution in [1.29, 1.82) is 0 Å². The van der Waals surface area contributed by atoms with E-state index in [0.717, 1.165) is 0 Å². The van der Waals surface area contributed by atoms with Gasteiger partial charge in [0.05, 0.1) is 17.1 Å².